The van der Waals surface area contributed by atoms with E-state index in [0.29, 0.717) is 28.4 Å². The molecule has 10 heteroatoms. The van der Waals surface area contributed by atoms with Gasteiger partial charge in [0.1, 0.15) is 0 Å². The first-order chi connectivity index (χ1) is 16.6. The van der Waals surface area contributed by atoms with Crippen molar-refractivity contribution in [2.75, 3.05) is 11.9 Å². The molecule has 9 nitrogen and oxygen atoms in total. The van der Waals surface area contributed by atoms with Gasteiger partial charge in [0, 0.05) is 34.0 Å². The Morgan fingerprint density at radius 1 is 1.09 bits per heavy atom. The summed E-state index contributed by atoms with van der Waals surface area (Å²) >= 11 is 0. The van der Waals surface area contributed by atoms with Crippen LogP contribution in [0.3, 0.4) is 0 Å². The van der Waals surface area contributed by atoms with E-state index >= 15 is 0 Å². The maximum atomic E-state index is 13.1. The van der Waals surface area contributed by atoms with Crippen LogP contribution in [0.25, 0.3) is 0 Å². The van der Waals surface area contributed by atoms with E-state index in [1.165, 1.54) is 0 Å². The summed E-state index contributed by atoms with van der Waals surface area (Å²) in [6.07, 6.45) is 2.22. The number of rotatable bonds is 7. The Kier molecular flexibility index (Phi) is 7.02. The van der Waals surface area contributed by atoms with Crippen LogP contribution in [-0.2, 0) is 15.6 Å². The number of carbonyl (C=O) groups excluding carboxylic acids is 3. The molecule has 1 fully saturated rings. The Morgan fingerprint density at radius 3 is 2.51 bits per heavy atom. The van der Waals surface area contributed by atoms with Gasteiger partial charge in [-0.15, -0.1) is 0 Å². The summed E-state index contributed by atoms with van der Waals surface area (Å²) in [5.41, 5.74) is 1.93. The first-order valence-electron chi connectivity index (χ1n) is 11.5. The summed E-state index contributed by atoms with van der Waals surface area (Å²) in [7, 11) is -1.40. The van der Waals surface area contributed by atoms with E-state index in [-0.39, 0.29) is 40.5 Å². The molecule has 2 aliphatic rings. The molecule has 1 aliphatic heterocycles. The second-order valence-electron chi connectivity index (χ2n) is 9.26. The van der Waals surface area contributed by atoms with Gasteiger partial charge in [0.15, 0.2) is 0 Å². The van der Waals surface area contributed by atoms with Gasteiger partial charge in [0.25, 0.3) is 11.8 Å². The van der Waals surface area contributed by atoms with Crippen LogP contribution >= 0.6 is 0 Å². The van der Waals surface area contributed by atoms with Crippen molar-refractivity contribution < 1.29 is 18.6 Å². The Bertz CT molecular complexity index is 1240. The fraction of sp³-hybridized carbons (Fsp3) is 0.360. The molecule has 1 saturated carbocycles. The largest absolute Gasteiger partial charge is 0.355 e. The van der Waals surface area contributed by atoms with Gasteiger partial charge in [0.2, 0.25) is 11.9 Å². The van der Waals surface area contributed by atoms with E-state index in [2.05, 4.69) is 26.3 Å². The van der Waals surface area contributed by atoms with Crippen molar-refractivity contribution in [1.29, 1.82) is 0 Å². The van der Waals surface area contributed by atoms with Crippen molar-refractivity contribution in [3.8, 4) is 0 Å². The van der Waals surface area contributed by atoms with Crippen molar-refractivity contribution in [2.24, 2.45) is 4.99 Å². The van der Waals surface area contributed by atoms with E-state index in [9.17, 15) is 18.6 Å². The van der Waals surface area contributed by atoms with Crippen molar-refractivity contribution in [2.45, 2.75) is 55.7 Å². The molecule has 35 heavy (non-hydrogen) atoms. The molecule has 2 aromatic carbocycles. The minimum atomic E-state index is -1.40. The quantitative estimate of drug-likeness (QED) is 0.470. The second-order valence-corrected chi connectivity index (χ2v) is 11.2. The third kappa shape index (κ3) is 6.13. The standard InChI is InChI=1S/C25H29N5O4S/c1-15(2)35(34)20-14-17(22(32)29-24-26-12-9-21(31)28-24)7-8-19(20)27-18-6-4-5-16(13-18)23(33)30-25(3)10-11-25/h4-8,13-15,27H,9-12H2,1-3H3,(H,30,33)(H2,26,28,29,31,32). The SMILES string of the molecule is CC(C)S(=O)c1cc(C(=O)NC2=NCCC(=O)N2)ccc1Nc1cccc(C(=O)NC2(C)CC2)c1. The molecule has 0 aromatic heterocycles. The highest BCUT2D eigenvalue weighted by atomic mass is 32.2. The highest BCUT2D eigenvalue weighted by Crippen LogP contribution is 2.34. The molecule has 0 radical (unpaired) electrons. The van der Waals surface area contributed by atoms with Crippen LogP contribution < -0.4 is 21.3 Å². The number of guanidine groups is 1. The Balaban J connectivity index is 1.56. The fourth-order valence-corrected chi connectivity index (χ4v) is 4.58. The average Bonchev–Trinajstić information content (AvgIpc) is 3.55. The molecule has 4 rings (SSSR count). The lowest BCUT2D eigenvalue weighted by atomic mass is 10.1. The molecule has 1 heterocycles. The first kappa shape index (κ1) is 24.6. The van der Waals surface area contributed by atoms with E-state index in [1.807, 2.05) is 26.8 Å². The fourth-order valence-electron chi connectivity index (χ4n) is 3.49. The van der Waals surface area contributed by atoms with Gasteiger partial charge in [-0.2, -0.15) is 0 Å². The Labute approximate surface area is 206 Å². The smallest absolute Gasteiger partial charge is 0.258 e. The lowest BCUT2D eigenvalue weighted by Gasteiger charge is -2.17. The molecular formula is C25H29N5O4S. The van der Waals surface area contributed by atoms with Crippen LogP contribution in [0.1, 0.15) is 60.7 Å². The van der Waals surface area contributed by atoms with Gasteiger partial charge >= 0.3 is 0 Å². The van der Waals surface area contributed by atoms with Gasteiger partial charge in [-0.1, -0.05) is 19.9 Å². The van der Waals surface area contributed by atoms with Gasteiger partial charge in [0.05, 0.1) is 27.9 Å². The minimum absolute atomic E-state index is 0.107. The van der Waals surface area contributed by atoms with Crippen molar-refractivity contribution in [1.82, 2.24) is 16.0 Å². The number of anilines is 2. The average molecular weight is 496 g/mol. The number of nitrogens with one attached hydrogen (secondary N) is 4. The molecule has 4 N–H and O–H groups in total. The number of hydrogen-bond acceptors (Lipinski definition) is 6. The van der Waals surface area contributed by atoms with E-state index < -0.39 is 16.7 Å². The topological polar surface area (TPSA) is 129 Å². The molecule has 184 valence electrons. The predicted molar refractivity (Wildman–Crippen MR) is 135 cm³/mol. The molecule has 3 amide bonds. The molecule has 0 bridgehead atoms. The summed E-state index contributed by atoms with van der Waals surface area (Å²) in [6.45, 7) is 6.00. The van der Waals surface area contributed by atoms with Gasteiger partial charge in [-0.3, -0.25) is 34.2 Å². The Morgan fingerprint density at radius 2 is 1.83 bits per heavy atom. The van der Waals surface area contributed by atoms with Crippen molar-refractivity contribution in [3.63, 3.8) is 0 Å². The maximum Gasteiger partial charge on any atom is 0.258 e. The minimum Gasteiger partial charge on any atom is -0.355 e. The molecule has 0 spiro atoms. The molecule has 1 aliphatic carbocycles. The zero-order valence-electron chi connectivity index (χ0n) is 19.9. The lowest BCUT2D eigenvalue weighted by Crippen LogP contribution is -2.46. The number of benzene rings is 2. The molecule has 0 saturated heterocycles. The van der Waals surface area contributed by atoms with Crippen LogP contribution in [0.4, 0.5) is 11.4 Å². The van der Waals surface area contributed by atoms with Crippen molar-refractivity contribution >= 4 is 45.9 Å². The van der Waals surface area contributed by atoms with Crippen LogP contribution in [0, 0.1) is 0 Å². The maximum absolute atomic E-state index is 13.1. The molecule has 2 aromatic rings. The van der Waals surface area contributed by atoms with Crippen LogP contribution in [0.2, 0.25) is 0 Å². The second kappa shape index (κ2) is 9.99. The molecule has 1 unspecified atom stereocenters. The predicted octanol–water partition coefficient (Wildman–Crippen LogP) is 2.83. The number of nitrogens with zero attached hydrogens (tertiary/aromatic N) is 1. The molecular weight excluding hydrogens is 466 g/mol. The van der Waals surface area contributed by atoms with Crippen molar-refractivity contribution in [3.05, 3.63) is 53.6 Å². The number of aliphatic imine (C=N–C) groups is 1. The van der Waals surface area contributed by atoms with E-state index in [1.54, 1.807) is 36.4 Å². The third-order valence-electron chi connectivity index (χ3n) is 5.81. The summed E-state index contributed by atoms with van der Waals surface area (Å²) in [5, 5.41) is 11.2. The zero-order chi connectivity index (χ0) is 25.2. The van der Waals surface area contributed by atoms with Gasteiger partial charge in [-0.25, -0.2) is 0 Å². The summed E-state index contributed by atoms with van der Waals surface area (Å²) in [6, 6.07) is 12.0. The normalized spacial score (nSPS) is 17.1. The summed E-state index contributed by atoms with van der Waals surface area (Å²) in [5.74, 6) is -0.704. The van der Waals surface area contributed by atoms with Crippen LogP contribution in [0.15, 0.2) is 52.4 Å². The summed E-state index contributed by atoms with van der Waals surface area (Å²) in [4.78, 5) is 41.5. The number of hydrogen-bond donors (Lipinski definition) is 4. The number of carbonyl (C=O) groups is 3. The van der Waals surface area contributed by atoms with E-state index in [0.717, 1.165) is 12.8 Å². The number of amides is 3. The van der Waals surface area contributed by atoms with Crippen LogP contribution in [-0.4, -0.2) is 45.2 Å². The van der Waals surface area contributed by atoms with Crippen LogP contribution in [0.5, 0.6) is 0 Å². The zero-order valence-corrected chi connectivity index (χ0v) is 20.8. The molecule has 1 atom stereocenters. The third-order valence-corrected chi connectivity index (χ3v) is 7.43. The van der Waals surface area contributed by atoms with Gasteiger partial charge < -0.3 is 10.6 Å². The van der Waals surface area contributed by atoms with E-state index in [4.69, 9.17) is 0 Å². The first-order valence-corrected chi connectivity index (χ1v) is 12.7. The monoisotopic (exact) mass is 495 g/mol. The lowest BCUT2D eigenvalue weighted by molar-refractivity contribution is -0.119. The summed E-state index contributed by atoms with van der Waals surface area (Å²) < 4.78 is 13.1. The van der Waals surface area contributed by atoms with Gasteiger partial charge in [-0.05, 0) is 56.2 Å². The highest BCUT2D eigenvalue weighted by Gasteiger charge is 2.38. The highest BCUT2D eigenvalue weighted by molar-refractivity contribution is 7.85. The Hall–Kier alpha value is -3.53.